The van der Waals surface area contributed by atoms with Crippen LogP contribution in [-0.2, 0) is 11.3 Å². The van der Waals surface area contributed by atoms with Gasteiger partial charge in [-0.2, -0.15) is 0 Å². The Bertz CT molecular complexity index is 759. The minimum absolute atomic E-state index is 0.0949. The summed E-state index contributed by atoms with van der Waals surface area (Å²) in [5, 5.41) is 9.13. The first-order valence-corrected chi connectivity index (χ1v) is 8.98. The molecule has 0 aliphatic heterocycles. The van der Waals surface area contributed by atoms with E-state index in [0.29, 0.717) is 31.3 Å². The minimum Gasteiger partial charge on any atom is -0.497 e. The van der Waals surface area contributed by atoms with Crippen molar-refractivity contribution >= 4 is 17.7 Å². The van der Waals surface area contributed by atoms with E-state index in [0.717, 1.165) is 23.4 Å². The third kappa shape index (κ3) is 7.35. The fraction of sp³-hybridized carbons (Fsp3) is 0.350. The molecule has 2 rings (SSSR count). The summed E-state index contributed by atoms with van der Waals surface area (Å²) in [5.74, 6) is 1.94. The Morgan fingerprint density at radius 1 is 1.22 bits per heavy atom. The van der Waals surface area contributed by atoms with Gasteiger partial charge in [0.25, 0.3) is 0 Å². The van der Waals surface area contributed by atoms with Gasteiger partial charge in [-0.3, -0.25) is 4.79 Å². The average Bonchev–Trinajstić information content (AvgIpc) is 2.68. The smallest absolute Gasteiger partial charge is 0.227 e. The van der Waals surface area contributed by atoms with Gasteiger partial charge in [0.1, 0.15) is 11.6 Å². The molecule has 1 amide bonds. The molecule has 0 aliphatic carbocycles. The lowest BCUT2D eigenvalue weighted by Gasteiger charge is -2.11. The van der Waals surface area contributed by atoms with Crippen molar-refractivity contribution in [1.29, 1.82) is 0 Å². The first-order chi connectivity index (χ1) is 13.1. The van der Waals surface area contributed by atoms with Gasteiger partial charge in [0, 0.05) is 25.7 Å². The fourth-order valence-electron chi connectivity index (χ4n) is 2.32. The van der Waals surface area contributed by atoms with Gasteiger partial charge in [-0.05, 0) is 43.2 Å². The monoisotopic (exact) mass is 369 g/mol. The lowest BCUT2D eigenvalue weighted by Crippen LogP contribution is -2.38. The van der Waals surface area contributed by atoms with E-state index in [-0.39, 0.29) is 5.91 Å². The van der Waals surface area contributed by atoms with Crippen molar-refractivity contribution in [2.24, 2.45) is 4.99 Å². The Labute approximate surface area is 160 Å². The molecule has 1 aromatic heterocycles. The number of carbonyl (C=O) groups excluding carboxylic acids is 1. The zero-order chi connectivity index (χ0) is 19.5. The van der Waals surface area contributed by atoms with Gasteiger partial charge in [-0.15, -0.1) is 0 Å². The summed E-state index contributed by atoms with van der Waals surface area (Å²) in [5.41, 5.74) is 2.10. The van der Waals surface area contributed by atoms with Crippen molar-refractivity contribution < 1.29 is 9.53 Å². The number of aliphatic imine (C=N–C) groups is 1. The number of hydrogen-bond acceptors (Lipinski definition) is 4. The first-order valence-electron chi connectivity index (χ1n) is 8.98. The van der Waals surface area contributed by atoms with Crippen LogP contribution in [0, 0.1) is 6.92 Å². The number of guanidine groups is 1. The highest BCUT2D eigenvalue weighted by atomic mass is 16.5. The molecule has 1 heterocycles. The second-order valence-corrected chi connectivity index (χ2v) is 5.99. The van der Waals surface area contributed by atoms with Crippen LogP contribution in [0.3, 0.4) is 0 Å². The molecule has 7 heteroatoms. The molecule has 0 bridgehead atoms. The molecule has 27 heavy (non-hydrogen) atoms. The summed E-state index contributed by atoms with van der Waals surface area (Å²) in [4.78, 5) is 20.7. The molecule has 0 radical (unpaired) electrons. The summed E-state index contributed by atoms with van der Waals surface area (Å²) in [6.45, 7) is 5.69. The van der Waals surface area contributed by atoms with Crippen LogP contribution in [0.1, 0.15) is 24.5 Å². The topological polar surface area (TPSA) is 87.6 Å². The molecule has 1 aromatic carbocycles. The number of methoxy groups -OCH3 is 1. The zero-order valence-corrected chi connectivity index (χ0v) is 16.1. The number of hydrogen-bond donors (Lipinski definition) is 3. The van der Waals surface area contributed by atoms with Crippen molar-refractivity contribution in [2.45, 2.75) is 26.8 Å². The highest BCUT2D eigenvalue weighted by Crippen LogP contribution is 2.13. The Morgan fingerprint density at radius 2 is 2.07 bits per heavy atom. The summed E-state index contributed by atoms with van der Waals surface area (Å²) < 4.78 is 5.23. The lowest BCUT2D eigenvalue weighted by atomic mass is 10.2. The Balaban J connectivity index is 1.82. The van der Waals surface area contributed by atoms with E-state index in [9.17, 15) is 4.79 Å². The summed E-state index contributed by atoms with van der Waals surface area (Å²) in [6.07, 6.45) is 2.04. The number of benzene rings is 1. The van der Waals surface area contributed by atoms with Gasteiger partial charge in [-0.25, -0.2) is 9.98 Å². The normalized spacial score (nSPS) is 11.0. The standard InChI is InChI=1S/C20H27N5O2/c1-4-21-20(24-14-16-6-5-7-17(12-16)27-3)22-11-10-19(26)25-18-9-8-15(2)13-23-18/h5-9,12-13H,4,10-11,14H2,1-3H3,(H2,21,22,24)(H,23,25,26). The second kappa shape index (κ2) is 10.8. The van der Waals surface area contributed by atoms with E-state index < -0.39 is 0 Å². The molecule has 2 aromatic rings. The largest absolute Gasteiger partial charge is 0.497 e. The van der Waals surface area contributed by atoms with Gasteiger partial charge < -0.3 is 20.7 Å². The molecule has 0 spiro atoms. The molecule has 0 unspecified atom stereocenters. The molecule has 3 N–H and O–H groups in total. The number of anilines is 1. The maximum atomic E-state index is 12.0. The van der Waals surface area contributed by atoms with Gasteiger partial charge in [0.05, 0.1) is 13.7 Å². The van der Waals surface area contributed by atoms with Crippen molar-refractivity contribution in [3.8, 4) is 5.75 Å². The molecule has 0 fully saturated rings. The van der Waals surface area contributed by atoms with Crippen LogP contribution in [0.5, 0.6) is 5.75 Å². The molecular weight excluding hydrogens is 342 g/mol. The van der Waals surface area contributed by atoms with Crippen LogP contribution >= 0.6 is 0 Å². The Hall–Kier alpha value is -3.09. The van der Waals surface area contributed by atoms with Crippen LogP contribution in [0.25, 0.3) is 0 Å². The number of nitrogens with one attached hydrogen (secondary N) is 3. The summed E-state index contributed by atoms with van der Waals surface area (Å²) >= 11 is 0. The van der Waals surface area contributed by atoms with Gasteiger partial charge in [0.15, 0.2) is 5.96 Å². The van der Waals surface area contributed by atoms with E-state index in [1.165, 1.54) is 0 Å². The fourth-order valence-corrected chi connectivity index (χ4v) is 2.32. The maximum Gasteiger partial charge on any atom is 0.227 e. The van der Waals surface area contributed by atoms with E-state index in [4.69, 9.17) is 4.74 Å². The third-order valence-corrected chi connectivity index (χ3v) is 3.72. The summed E-state index contributed by atoms with van der Waals surface area (Å²) in [6, 6.07) is 11.5. The number of aryl methyl sites for hydroxylation is 1. The van der Waals surface area contributed by atoms with Crippen LogP contribution in [-0.4, -0.2) is 37.1 Å². The predicted octanol–water partition coefficient (Wildman–Crippen LogP) is 2.48. The van der Waals surface area contributed by atoms with E-state index >= 15 is 0 Å². The van der Waals surface area contributed by atoms with Crippen LogP contribution in [0.15, 0.2) is 47.6 Å². The molecule has 144 valence electrons. The molecule has 7 nitrogen and oxygen atoms in total. The molecule has 0 aliphatic rings. The molecule has 0 saturated carbocycles. The minimum atomic E-state index is -0.0949. The van der Waals surface area contributed by atoms with E-state index in [1.54, 1.807) is 19.4 Å². The number of aromatic nitrogens is 1. The Morgan fingerprint density at radius 3 is 2.78 bits per heavy atom. The van der Waals surface area contributed by atoms with Crippen molar-refractivity contribution in [3.05, 3.63) is 53.7 Å². The average molecular weight is 369 g/mol. The zero-order valence-electron chi connectivity index (χ0n) is 16.1. The molecular formula is C20H27N5O2. The third-order valence-electron chi connectivity index (χ3n) is 3.72. The lowest BCUT2D eigenvalue weighted by molar-refractivity contribution is -0.116. The highest BCUT2D eigenvalue weighted by molar-refractivity contribution is 5.90. The summed E-state index contributed by atoms with van der Waals surface area (Å²) in [7, 11) is 1.64. The van der Waals surface area contributed by atoms with Crippen molar-refractivity contribution in [3.63, 3.8) is 0 Å². The number of carbonyl (C=O) groups is 1. The second-order valence-electron chi connectivity index (χ2n) is 5.99. The maximum absolute atomic E-state index is 12.0. The van der Waals surface area contributed by atoms with Crippen molar-refractivity contribution in [1.82, 2.24) is 15.6 Å². The number of amides is 1. The number of rotatable bonds is 8. The molecule has 0 atom stereocenters. The highest BCUT2D eigenvalue weighted by Gasteiger charge is 2.04. The van der Waals surface area contributed by atoms with Crippen LogP contribution < -0.4 is 20.7 Å². The first kappa shape index (κ1) is 20.2. The van der Waals surface area contributed by atoms with Crippen LogP contribution in [0.4, 0.5) is 5.82 Å². The van der Waals surface area contributed by atoms with E-state index in [2.05, 4.69) is 25.9 Å². The molecule has 0 saturated heterocycles. The SMILES string of the molecule is CCNC(=NCc1cccc(OC)c1)NCCC(=O)Nc1ccc(C)cn1. The van der Waals surface area contributed by atoms with E-state index in [1.807, 2.05) is 44.2 Å². The number of nitrogens with zero attached hydrogens (tertiary/aromatic N) is 2. The number of pyridine rings is 1. The Kier molecular flexibility index (Phi) is 8.09. The van der Waals surface area contributed by atoms with Crippen LogP contribution in [0.2, 0.25) is 0 Å². The quantitative estimate of drug-likeness (QED) is 0.491. The van der Waals surface area contributed by atoms with Crippen molar-refractivity contribution in [2.75, 3.05) is 25.5 Å². The van der Waals surface area contributed by atoms with Gasteiger partial charge in [-0.1, -0.05) is 18.2 Å². The number of ether oxygens (including phenoxy) is 1. The van der Waals surface area contributed by atoms with Gasteiger partial charge >= 0.3 is 0 Å². The predicted molar refractivity (Wildman–Crippen MR) is 108 cm³/mol. The van der Waals surface area contributed by atoms with Gasteiger partial charge in [0.2, 0.25) is 5.91 Å².